The van der Waals surface area contributed by atoms with Gasteiger partial charge in [0, 0.05) is 36.3 Å². The molecule has 0 saturated heterocycles. The van der Waals surface area contributed by atoms with E-state index in [1.165, 1.54) is 11.1 Å². The van der Waals surface area contributed by atoms with Gasteiger partial charge in [0.15, 0.2) is 0 Å². The maximum absolute atomic E-state index is 4.60. The molecule has 100 valence electrons. The first-order chi connectivity index (χ1) is 9.38. The largest absolute Gasteiger partial charge is 0.352 e. The van der Waals surface area contributed by atoms with E-state index in [4.69, 9.17) is 0 Å². The van der Waals surface area contributed by atoms with Crippen LogP contribution in [0.25, 0.3) is 0 Å². The van der Waals surface area contributed by atoms with Crippen LogP contribution < -0.4 is 10.2 Å². The maximum Gasteiger partial charge on any atom is 0.133 e. The molecular formula is C15H19N3S. The number of anilines is 1. The van der Waals surface area contributed by atoms with Crippen LogP contribution in [0.15, 0.2) is 29.8 Å². The van der Waals surface area contributed by atoms with Crippen molar-refractivity contribution < 1.29 is 0 Å². The maximum atomic E-state index is 4.60. The summed E-state index contributed by atoms with van der Waals surface area (Å²) >= 11 is 1.88. The number of hydrogen-bond acceptors (Lipinski definition) is 4. The van der Waals surface area contributed by atoms with Gasteiger partial charge in [-0.1, -0.05) is 13.0 Å². The lowest BCUT2D eigenvalue weighted by Gasteiger charge is -2.29. The molecule has 0 aliphatic carbocycles. The number of thiophene rings is 1. The van der Waals surface area contributed by atoms with Crippen molar-refractivity contribution in [3.63, 3.8) is 0 Å². The summed E-state index contributed by atoms with van der Waals surface area (Å²) in [4.78, 5) is 8.55. The predicted molar refractivity (Wildman–Crippen MR) is 80.7 cm³/mol. The topological polar surface area (TPSA) is 28.2 Å². The van der Waals surface area contributed by atoms with Crippen LogP contribution >= 0.6 is 11.3 Å². The van der Waals surface area contributed by atoms with Crippen molar-refractivity contribution in [1.29, 1.82) is 0 Å². The van der Waals surface area contributed by atoms with Crippen LogP contribution in [0.4, 0.5) is 5.82 Å². The highest BCUT2D eigenvalue weighted by Gasteiger charge is 2.20. The van der Waals surface area contributed by atoms with Crippen LogP contribution in [-0.4, -0.2) is 18.1 Å². The Labute approximate surface area is 118 Å². The van der Waals surface area contributed by atoms with Gasteiger partial charge in [0.1, 0.15) is 5.82 Å². The van der Waals surface area contributed by atoms with Gasteiger partial charge in [-0.3, -0.25) is 0 Å². The Bertz CT molecular complexity index is 550. The highest BCUT2D eigenvalue weighted by Crippen LogP contribution is 2.28. The number of fused-ring (bicyclic) bond motifs is 1. The third-order valence-corrected chi connectivity index (χ3v) is 4.56. The van der Waals surface area contributed by atoms with Gasteiger partial charge in [-0.05, 0) is 36.0 Å². The van der Waals surface area contributed by atoms with Gasteiger partial charge < -0.3 is 10.2 Å². The van der Waals surface area contributed by atoms with Crippen molar-refractivity contribution in [2.45, 2.75) is 26.4 Å². The molecule has 3 nitrogen and oxygen atoms in total. The zero-order valence-electron chi connectivity index (χ0n) is 11.2. The third-order valence-electron chi connectivity index (χ3n) is 3.54. The fraction of sp³-hybridized carbons (Fsp3) is 0.400. The summed E-state index contributed by atoms with van der Waals surface area (Å²) in [6.45, 7) is 6.09. The van der Waals surface area contributed by atoms with E-state index >= 15 is 0 Å². The molecule has 0 amide bonds. The molecule has 0 atom stereocenters. The molecule has 0 aromatic carbocycles. The molecule has 0 radical (unpaired) electrons. The minimum absolute atomic E-state index is 0.896. The second-order valence-corrected chi connectivity index (χ2v) is 5.81. The van der Waals surface area contributed by atoms with Gasteiger partial charge in [0.2, 0.25) is 0 Å². The van der Waals surface area contributed by atoms with Crippen molar-refractivity contribution in [3.05, 3.63) is 45.8 Å². The summed E-state index contributed by atoms with van der Waals surface area (Å²) < 4.78 is 0. The van der Waals surface area contributed by atoms with Gasteiger partial charge in [-0.2, -0.15) is 0 Å². The Morgan fingerprint density at radius 3 is 3.26 bits per heavy atom. The molecule has 0 bridgehead atoms. The van der Waals surface area contributed by atoms with E-state index in [1.807, 2.05) is 23.6 Å². The highest BCUT2D eigenvalue weighted by molar-refractivity contribution is 7.10. The SMILES string of the molecule is CCNCc1cccnc1N1CCc2sccc2C1. The molecule has 4 heteroatoms. The van der Waals surface area contributed by atoms with Crippen molar-refractivity contribution in [2.75, 3.05) is 18.0 Å². The summed E-state index contributed by atoms with van der Waals surface area (Å²) in [5.41, 5.74) is 2.76. The van der Waals surface area contributed by atoms with Gasteiger partial charge in [0.05, 0.1) is 0 Å². The fourth-order valence-corrected chi connectivity index (χ4v) is 3.43. The van der Waals surface area contributed by atoms with Gasteiger partial charge in [-0.25, -0.2) is 4.98 Å². The number of nitrogens with one attached hydrogen (secondary N) is 1. The summed E-state index contributed by atoms with van der Waals surface area (Å²) in [6.07, 6.45) is 3.04. The number of rotatable bonds is 4. The lowest BCUT2D eigenvalue weighted by atomic mass is 10.1. The Hall–Kier alpha value is -1.39. The lowest BCUT2D eigenvalue weighted by molar-refractivity contribution is 0.695. The zero-order valence-corrected chi connectivity index (χ0v) is 12.0. The van der Waals surface area contributed by atoms with E-state index in [-0.39, 0.29) is 0 Å². The van der Waals surface area contributed by atoms with Crippen LogP contribution in [-0.2, 0) is 19.5 Å². The number of aromatic nitrogens is 1. The average Bonchev–Trinajstić information content (AvgIpc) is 2.92. The van der Waals surface area contributed by atoms with Gasteiger partial charge in [-0.15, -0.1) is 11.3 Å². The number of pyridine rings is 1. The quantitative estimate of drug-likeness (QED) is 0.928. The number of hydrogen-bond donors (Lipinski definition) is 1. The minimum atomic E-state index is 0.896. The monoisotopic (exact) mass is 273 g/mol. The molecule has 0 fully saturated rings. The average molecular weight is 273 g/mol. The molecule has 0 saturated carbocycles. The van der Waals surface area contributed by atoms with E-state index in [0.717, 1.165) is 38.4 Å². The molecular weight excluding hydrogens is 254 g/mol. The molecule has 3 heterocycles. The second kappa shape index (κ2) is 5.72. The Balaban J connectivity index is 1.83. The Morgan fingerprint density at radius 1 is 1.42 bits per heavy atom. The van der Waals surface area contributed by atoms with Crippen molar-refractivity contribution in [3.8, 4) is 0 Å². The molecule has 0 spiro atoms. The molecule has 1 N–H and O–H groups in total. The van der Waals surface area contributed by atoms with Crippen LogP contribution in [0.2, 0.25) is 0 Å². The van der Waals surface area contributed by atoms with Crippen LogP contribution in [0.5, 0.6) is 0 Å². The molecule has 1 aliphatic rings. The van der Waals surface area contributed by atoms with Crippen molar-refractivity contribution >= 4 is 17.2 Å². The Morgan fingerprint density at radius 2 is 2.37 bits per heavy atom. The Kier molecular flexibility index (Phi) is 3.80. The van der Waals surface area contributed by atoms with Crippen molar-refractivity contribution in [2.24, 2.45) is 0 Å². The van der Waals surface area contributed by atoms with E-state index in [0.29, 0.717) is 0 Å². The summed E-state index contributed by atoms with van der Waals surface area (Å²) in [5, 5.41) is 5.59. The predicted octanol–water partition coefficient (Wildman–Crippen LogP) is 2.82. The van der Waals surface area contributed by atoms with Crippen LogP contribution in [0, 0.1) is 0 Å². The normalized spacial score (nSPS) is 14.5. The van der Waals surface area contributed by atoms with E-state index in [2.05, 4.69) is 39.6 Å². The summed E-state index contributed by atoms with van der Waals surface area (Å²) in [5.74, 6) is 1.14. The standard InChI is InChI=1S/C15H19N3S/c1-2-16-10-12-4-3-7-17-15(12)18-8-5-14-13(11-18)6-9-19-14/h3-4,6-7,9,16H,2,5,8,10-11H2,1H3. The smallest absolute Gasteiger partial charge is 0.133 e. The van der Waals surface area contributed by atoms with Crippen LogP contribution in [0.3, 0.4) is 0 Å². The third kappa shape index (κ3) is 2.65. The first-order valence-electron chi connectivity index (χ1n) is 6.83. The molecule has 2 aromatic heterocycles. The summed E-state index contributed by atoms with van der Waals surface area (Å²) in [7, 11) is 0. The van der Waals surface area contributed by atoms with Gasteiger partial charge in [0.25, 0.3) is 0 Å². The van der Waals surface area contributed by atoms with E-state index in [1.54, 1.807) is 4.88 Å². The number of nitrogens with zero attached hydrogens (tertiary/aromatic N) is 2. The molecule has 3 rings (SSSR count). The molecule has 19 heavy (non-hydrogen) atoms. The van der Waals surface area contributed by atoms with Crippen LogP contribution in [0.1, 0.15) is 22.9 Å². The molecule has 2 aromatic rings. The first kappa shape index (κ1) is 12.6. The van der Waals surface area contributed by atoms with Crippen molar-refractivity contribution in [1.82, 2.24) is 10.3 Å². The second-order valence-electron chi connectivity index (χ2n) is 4.81. The summed E-state index contributed by atoms with van der Waals surface area (Å²) in [6, 6.07) is 6.45. The van der Waals surface area contributed by atoms with E-state index < -0.39 is 0 Å². The molecule has 0 unspecified atom stereocenters. The van der Waals surface area contributed by atoms with E-state index in [9.17, 15) is 0 Å². The first-order valence-corrected chi connectivity index (χ1v) is 7.71. The fourth-order valence-electron chi connectivity index (χ4n) is 2.54. The zero-order chi connectivity index (χ0) is 13.1. The molecule has 1 aliphatic heterocycles. The highest BCUT2D eigenvalue weighted by atomic mass is 32.1. The van der Waals surface area contributed by atoms with Gasteiger partial charge >= 0.3 is 0 Å². The minimum Gasteiger partial charge on any atom is -0.352 e. The lowest BCUT2D eigenvalue weighted by Crippen LogP contribution is -2.31.